The van der Waals surface area contributed by atoms with E-state index in [0.717, 1.165) is 5.56 Å². The Kier molecular flexibility index (Phi) is 6.58. The van der Waals surface area contributed by atoms with Crippen molar-refractivity contribution in [1.82, 2.24) is 15.1 Å². The molecule has 0 fully saturated rings. The van der Waals surface area contributed by atoms with Crippen molar-refractivity contribution in [3.63, 3.8) is 0 Å². The first-order valence-corrected chi connectivity index (χ1v) is 11.2. The summed E-state index contributed by atoms with van der Waals surface area (Å²) in [4.78, 5) is 26.3. The number of benzene rings is 2. The van der Waals surface area contributed by atoms with Crippen molar-refractivity contribution in [3.05, 3.63) is 82.0 Å². The summed E-state index contributed by atoms with van der Waals surface area (Å²) in [6.45, 7) is 3.70. The number of rotatable bonds is 8. The van der Waals surface area contributed by atoms with Crippen LogP contribution in [0.15, 0.2) is 48.5 Å². The first kappa shape index (κ1) is 24.3. The van der Waals surface area contributed by atoms with E-state index >= 15 is 0 Å². The van der Waals surface area contributed by atoms with Gasteiger partial charge in [0.2, 0.25) is 0 Å². The van der Waals surface area contributed by atoms with Crippen LogP contribution in [-0.2, 0) is 19.0 Å². The van der Waals surface area contributed by atoms with Gasteiger partial charge in [-0.3, -0.25) is 4.79 Å². The maximum atomic E-state index is 14.0. The Morgan fingerprint density at radius 2 is 1.89 bits per heavy atom. The predicted molar refractivity (Wildman–Crippen MR) is 125 cm³/mol. The number of hydrogen-bond acceptors (Lipinski definition) is 5. The summed E-state index contributed by atoms with van der Waals surface area (Å²) < 4.78 is 29.6. The number of aliphatic hydroxyl groups excluding tert-OH is 1. The largest absolute Gasteiger partial charge is 0.478 e. The van der Waals surface area contributed by atoms with Gasteiger partial charge in [-0.05, 0) is 43.2 Å². The number of anilines is 1. The first-order chi connectivity index (χ1) is 16.6. The van der Waals surface area contributed by atoms with Gasteiger partial charge in [0, 0.05) is 18.7 Å². The molecule has 1 amide bonds. The number of amides is 1. The fourth-order valence-electron chi connectivity index (χ4n) is 4.26. The standard InChI is InChI=1S/C25H26F2N4O4/c1-15(18-6-8-19(9-7-18)24(34)35)28-22(33)21-16(2)29-31-11-10-30(23(21)31)13-17-4-3-5-20(12-17)25(26,27)14-32/h3-9,12,15,32H,10-11,13-14H2,1-2H3,(H,28,33)(H,34,35)/t15-/m0/s1. The van der Waals surface area contributed by atoms with Gasteiger partial charge in [-0.15, -0.1) is 0 Å². The summed E-state index contributed by atoms with van der Waals surface area (Å²) >= 11 is 0. The second kappa shape index (κ2) is 9.46. The molecule has 1 atom stereocenters. The number of aliphatic hydroxyl groups is 1. The van der Waals surface area contributed by atoms with E-state index in [1.165, 1.54) is 30.3 Å². The van der Waals surface area contributed by atoms with Crippen molar-refractivity contribution in [2.75, 3.05) is 18.1 Å². The molecule has 3 aromatic rings. The number of hydrogen-bond donors (Lipinski definition) is 3. The van der Waals surface area contributed by atoms with Crippen molar-refractivity contribution >= 4 is 17.7 Å². The van der Waals surface area contributed by atoms with Gasteiger partial charge in [0.1, 0.15) is 18.0 Å². The van der Waals surface area contributed by atoms with Crippen LogP contribution in [0.1, 0.15) is 56.1 Å². The highest BCUT2D eigenvalue weighted by Crippen LogP contribution is 2.32. The normalized spacial score (nSPS) is 14.0. The van der Waals surface area contributed by atoms with E-state index in [9.17, 15) is 18.4 Å². The van der Waals surface area contributed by atoms with E-state index in [4.69, 9.17) is 10.2 Å². The van der Waals surface area contributed by atoms with Crippen LogP contribution in [-0.4, -0.2) is 45.0 Å². The Morgan fingerprint density at radius 1 is 1.17 bits per heavy atom. The number of carboxylic acids is 1. The number of aromatic nitrogens is 2. The summed E-state index contributed by atoms with van der Waals surface area (Å²) in [6, 6.07) is 11.8. The lowest BCUT2D eigenvalue weighted by Crippen LogP contribution is -2.29. The smallest absolute Gasteiger partial charge is 0.335 e. The third kappa shape index (κ3) is 4.88. The highest BCUT2D eigenvalue weighted by molar-refractivity contribution is 6.00. The summed E-state index contributed by atoms with van der Waals surface area (Å²) in [7, 11) is 0. The molecule has 10 heteroatoms. The number of carboxylic acid groups (broad SMARTS) is 1. The van der Waals surface area contributed by atoms with Crippen LogP contribution in [0.5, 0.6) is 0 Å². The van der Waals surface area contributed by atoms with Crippen LogP contribution >= 0.6 is 0 Å². The molecule has 0 saturated heterocycles. The highest BCUT2D eigenvalue weighted by atomic mass is 19.3. The fourth-order valence-corrected chi connectivity index (χ4v) is 4.26. The van der Waals surface area contributed by atoms with Gasteiger partial charge in [-0.25, -0.2) is 9.48 Å². The third-order valence-electron chi connectivity index (χ3n) is 6.14. The van der Waals surface area contributed by atoms with E-state index in [0.29, 0.717) is 42.3 Å². The van der Waals surface area contributed by atoms with Gasteiger partial charge in [0.25, 0.3) is 11.8 Å². The number of nitrogens with zero attached hydrogens (tertiary/aromatic N) is 3. The zero-order valence-electron chi connectivity index (χ0n) is 19.3. The maximum Gasteiger partial charge on any atom is 0.335 e. The van der Waals surface area contributed by atoms with Gasteiger partial charge < -0.3 is 20.4 Å². The number of alkyl halides is 2. The Balaban J connectivity index is 1.55. The fraction of sp³-hybridized carbons (Fsp3) is 0.320. The van der Waals surface area contributed by atoms with Crippen LogP contribution in [0.25, 0.3) is 0 Å². The molecule has 8 nitrogen and oxygen atoms in total. The van der Waals surface area contributed by atoms with Crippen molar-refractivity contribution < 1.29 is 28.6 Å². The lowest BCUT2D eigenvalue weighted by Gasteiger charge is -2.21. The Morgan fingerprint density at radius 3 is 2.54 bits per heavy atom. The Bertz CT molecular complexity index is 1260. The van der Waals surface area contributed by atoms with Crippen molar-refractivity contribution in [2.45, 2.75) is 38.9 Å². The minimum Gasteiger partial charge on any atom is -0.478 e. The molecule has 0 unspecified atom stereocenters. The lowest BCUT2D eigenvalue weighted by molar-refractivity contribution is -0.0556. The molecule has 184 valence electrons. The van der Waals surface area contributed by atoms with E-state index in [1.54, 1.807) is 36.7 Å². The SMILES string of the molecule is Cc1nn2c(c1C(=O)N[C@@H](C)c1ccc(C(=O)O)cc1)N(Cc1cccc(C(F)(F)CO)c1)CC2. The average molecular weight is 485 g/mol. The molecule has 3 N–H and O–H groups in total. The number of carbonyl (C=O) groups excluding carboxylic acids is 1. The summed E-state index contributed by atoms with van der Waals surface area (Å²) in [5.41, 5.74) is 2.24. The molecular weight excluding hydrogens is 458 g/mol. The van der Waals surface area contributed by atoms with Crippen LogP contribution in [0.2, 0.25) is 0 Å². The molecular formula is C25H26F2N4O4. The molecule has 0 bridgehead atoms. The average Bonchev–Trinajstić information content (AvgIpc) is 3.37. The summed E-state index contributed by atoms with van der Waals surface area (Å²) in [5.74, 6) is -4.06. The maximum absolute atomic E-state index is 14.0. The van der Waals surface area contributed by atoms with Crippen molar-refractivity contribution in [3.8, 4) is 0 Å². The van der Waals surface area contributed by atoms with E-state index in [1.807, 2.05) is 4.90 Å². The quantitative estimate of drug-likeness (QED) is 0.452. The molecule has 2 aromatic carbocycles. The predicted octanol–water partition coefficient (Wildman–Crippen LogP) is 3.49. The zero-order valence-corrected chi connectivity index (χ0v) is 19.3. The second-order valence-corrected chi connectivity index (χ2v) is 8.61. The zero-order chi connectivity index (χ0) is 25.3. The monoisotopic (exact) mass is 484 g/mol. The van der Waals surface area contributed by atoms with Crippen LogP contribution in [0, 0.1) is 6.92 Å². The molecule has 2 heterocycles. The molecule has 1 aliphatic heterocycles. The molecule has 4 rings (SSSR count). The molecule has 1 aromatic heterocycles. The second-order valence-electron chi connectivity index (χ2n) is 8.61. The number of aryl methyl sites for hydroxylation is 1. The van der Waals surface area contributed by atoms with Gasteiger partial charge in [0.15, 0.2) is 0 Å². The van der Waals surface area contributed by atoms with Crippen LogP contribution in [0.4, 0.5) is 14.6 Å². The number of carbonyl (C=O) groups is 2. The minimum absolute atomic E-state index is 0.161. The highest BCUT2D eigenvalue weighted by Gasteiger charge is 2.33. The topological polar surface area (TPSA) is 108 Å². The first-order valence-electron chi connectivity index (χ1n) is 11.2. The lowest BCUT2D eigenvalue weighted by atomic mass is 10.0. The van der Waals surface area contributed by atoms with Crippen molar-refractivity contribution in [1.29, 1.82) is 0 Å². The third-order valence-corrected chi connectivity index (χ3v) is 6.14. The number of aromatic carboxylic acids is 1. The van der Waals surface area contributed by atoms with E-state index < -0.39 is 18.5 Å². The molecule has 1 aliphatic rings. The number of halogens is 2. The Hall–Kier alpha value is -3.79. The van der Waals surface area contributed by atoms with Crippen LogP contribution in [0.3, 0.4) is 0 Å². The molecule has 0 spiro atoms. The number of fused-ring (bicyclic) bond motifs is 1. The number of nitrogens with one attached hydrogen (secondary N) is 1. The molecule has 35 heavy (non-hydrogen) atoms. The molecule has 0 radical (unpaired) electrons. The van der Waals surface area contributed by atoms with E-state index in [-0.39, 0.29) is 23.1 Å². The van der Waals surface area contributed by atoms with Crippen LogP contribution < -0.4 is 10.2 Å². The Labute approximate surface area is 200 Å². The minimum atomic E-state index is -3.33. The summed E-state index contributed by atoms with van der Waals surface area (Å²) in [5, 5.41) is 25.5. The van der Waals surface area contributed by atoms with Gasteiger partial charge in [-0.1, -0.05) is 30.3 Å². The van der Waals surface area contributed by atoms with Gasteiger partial charge in [-0.2, -0.15) is 13.9 Å². The van der Waals surface area contributed by atoms with Crippen molar-refractivity contribution in [2.24, 2.45) is 0 Å². The molecule has 0 saturated carbocycles. The van der Waals surface area contributed by atoms with E-state index in [2.05, 4.69) is 10.4 Å². The van der Waals surface area contributed by atoms with Gasteiger partial charge in [0.05, 0.1) is 23.8 Å². The molecule has 0 aliphatic carbocycles. The summed E-state index contributed by atoms with van der Waals surface area (Å²) in [6.07, 6.45) is 0. The van der Waals surface area contributed by atoms with Gasteiger partial charge >= 0.3 is 5.97 Å².